The van der Waals surface area contributed by atoms with Gasteiger partial charge in [-0.3, -0.25) is 0 Å². The van der Waals surface area contributed by atoms with E-state index in [0.29, 0.717) is 23.8 Å². The Morgan fingerprint density at radius 2 is 1.81 bits per heavy atom. The van der Waals surface area contributed by atoms with Crippen LogP contribution in [0, 0.1) is 0 Å². The van der Waals surface area contributed by atoms with Crippen LogP contribution in [-0.2, 0) is 9.53 Å². The lowest BCUT2D eigenvalue weighted by molar-refractivity contribution is -0.138. The molecule has 0 unspecified atom stereocenters. The van der Waals surface area contributed by atoms with E-state index in [0.717, 1.165) is 11.1 Å². The normalized spacial score (nSPS) is 16.0. The highest BCUT2D eigenvalue weighted by atomic mass is 16.5. The minimum Gasteiger partial charge on any atom is -0.463 e. The SMILES string of the molecule is CCOC(=O)C1=C(c2ccccc2)Nc2ncnn2[C@@H]1c1ccccc1. The molecule has 6 nitrogen and oxygen atoms in total. The van der Waals surface area contributed by atoms with Gasteiger partial charge >= 0.3 is 5.97 Å². The van der Waals surface area contributed by atoms with Gasteiger partial charge in [-0.2, -0.15) is 10.1 Å². The van der Waals surface area contributed by atoms with E-state index in [1.807, 2.05) is 60.7 Å². The van der Waals surface area contributed by atoms with Crippen LogP contribution in [0.2, 0.25) is 0 Å². The molecular weight excluding hydrogens is 328 g/mol. The first kappa shape index (κ1) is 16.1. The number of rotatable bonds is 4. The number of benzene rings is 2. The average Bonchev–Trinajstić information content (AvgIpc) is 3.16. The summed E-state index contributed by atoms with van der Waals surface area (Å²) in [7, 11) is 0. The van der Waals surface area contributed by atoms with Crippen molar-refractivity contribution in [3.63, 3.8) is 0 Å². The Labute approximate surface area is 151 Å². The van der Waals surface area contributed by atoms with E-state index in [-0.39, 0.29) is 5.97 Å². The maximum atomic E-state index is 12.9. The summed E-state index contributed by atoms with van der Waals surface area (Å²) in [5, 5.41) is 7.59. The minimum absolute atomic E-state index is 0.302. The first-order valence-corrected chi connectivity index (χ1v) is 8.47. The van der Waals surface area contributed by atoms with Gasteiger partial charge in [0.15, 0.2) is 0 Å². The third-order valence-electron chi connectivity index (χ3n) is 4.27. The Morgan fingerprint density at radius 3 is 2.50 bits per heavy atom. The van der Waals surface area contributed by atoms with Gasteiger partial charge in [0, 0.05) is 0 Å². The number of hydrogen-bond donors (Lipinski definition) is 1. The molecule has 1 N–H and O–H groups in total. The Hall–Kier alpha value is -3.41. The highest BCUT2D eigenvalue weighted by Crippen LogP contribution is 2.38. The highest BCUT2D eigenvalue weighted by molar-refractivity contribution is 6.02. The van der Waals surface area contributed by atoms with Gasteiger partial charge in [-0.25, -0.2) is 9.48 Å². The van der Waals surface area contributed by atoms with E-state index in [1.165, 1.54) is 6.33 Å². The number of fused-ring (bicyclic) bond motifs is 1. The monoisotopic (exact) mass is 346 g/mol. The van der Waals surface area contributed by atoms with Gasteiger partial charge < -0.3 is 10.1 Å². The van der Waals surface area contributed by atoms with Gasteiger partial charge in [0.25, 0.3) is 0 Å². The molecule has 3 aromatic rings. The molecule has 1 aromatic heterocycles. The van der Waals surface area contributed by atoms with Crippen LogP contribution in [0.4, 0.5) is 5.95 Å². The number of anilines is 1. The Bertz CT molecular complexity index is 948. The molecule has 0 amide bonds. The van der Waals surface area contributed by atoms with Gasteiger partial charge in [-0.1, -0.05) is 60.7 Å². The largest absolute Gasteiger partial charge is 0.463 e. The highest BCUT2D eigenvalue weighted by Gasteiger charge is 2.35. The second-order valence-corrected chi connectivity index (χ2v) is 5.84. The fraction of sp³-hybridized carbons (Fsp3) is 0.150. The smallest absolute Gasteiger partial charge is 0.338 e. The summed E-state index contributed by atoms with van der Waals surface area (Å²) in [6.45, 7) is 2.10. The van der Waals surface area contributed by atoms with Crippen molar-refractivity contribution in [3.05, 3.63) is 83.7 Å². The van der Waals surface area contributed by atoms with Gasteiger partial charge in [-0.15, -0.1) is 0 Å². The van der Waals surface area contributed by atoms with Gasteiger partial charge in [0.1, 0.15) is 12.4 Å². The molecule has 4 rings (SSSR count). The first-order chi connectivity index (χ1) is 12.8. The van der Waals surface area contributed by atoms with Crippen LogP contribution in [0.5, 0.6) is 0 Å². The zero-order valence-corrected chi connectivity index (χ0v) is 14.3. The zero-order valence-electron chi connectivity index (χ0n) is 14.3. The number of carbonyl (C=O) groups is 1. The van der Waals surface area contributed by atoms with Crippen LogP contribution in [0.1, 0.15) is 24.1 Å². The van der Waals surface area contributed by atoms with Crippen molar-refractivity contribution < 1.29 is 9.53 Å². The predicted molar refractivity (Wildman–Crippen MR) is 98.2 cm³/mol. The van der Waals surface area contributed by atoms with Crippen molar-refractivity contribution >= 4 is 17.6 Å². The molecule has 2 aromatic carbocycles. The van der Waals surface area contributed by atoms with Crippen molar-refractivity contribution in [2.24, 2.45) is 0 Å². The lowest BCUT2D eigenvalue weighted by Gasteiger charge is -2.29. The second-order valence-electron chi connectivity index (χ2n) is 5.84. The van der Waals surface area contributed by atoms with Crippen LogP contribution in [0.15, 0.2) is 72.6 Å². The summed E-state index contributed by atoms with van der Waals surface area (Å²) in [5.74, 6) is 0.222. The summed E-state index contributed by atoms with van der Waals surface area (Å²) in [5.41, 5.74) is 3.05. The molecule has 130 valence electrons. The fourth-order valence-electron chi connectivity index (χ4n) is 3.16. The quantitative estimate of drug-likeness (QED) is 0.734. The molecule has 1 aliphatic heterocycles. The van der Waals surface area contributed by atoms with E-state index in [2.05, 4.69) is 15.4 Å². The number of aromatic nitrogens is 3. The summed E-state index contributed by atoms with van der Waals surface area (Å²) in [6.07, 6.45) is 1.48. The van der Waals surface area contributed by atoms with Crippen LogP contribution in [-0.4, -0.2) is 27.3 Å². The molecule has 2 heterocycles. The Kier molecular flexibility index (Phi) is 4.23. The molecular formula is C20H18N4O2. The molecule has 6 heteroatoms. The van der Waals surface area contributed by atoms with Gasteiger partial charge in [0.05, 0.1) is 17.9 Å². The number of esters is 1. The van der Waals surface area contributed by atoms with Crippen molar-refractivity contribution in [2.45, 2.75) is 13.0 Å². The Balaban J connectivity index is 1.96. The molecule has 0 saturated heterocycles. The zero-order chi connectivity index (χ0) is 17.9. The number of hydrogen-bond acceptors (Lipinski definition) is 5. The number of nitrogens with zero attached hydrogens (tertiary/aromatic N) is 3. The summed E-state index contributed by atoms with van der Waals surface area (Å²) in [6, 6.07) is 19.1. The van der Waals surface area contributed by atoms with E-state index in [4.69, 9.17) is 4.74 Å². The number of nitrogens with one attached hydrogen (secondary N) is 1. The molecule has 26 heavy (non-hydrogen) atoms. The van der Waals surface area contributed by atoms with Crippen LogP contribution >= 0.6 is 0 Å². The third-order valence-corrected chi connectivity index (χ3v) is 4.27. The third kappa shape index (κ3) is 2.75. The van der Waals surface area contributed by atoms with Crippen molar-refractivity contribution in [1.82, 2.24) is 14.8 Å². The summed E-state index contributed by atoms with van der Waals surface area (Å²) < 4.78 is 7.09. The molecule has 0 saturated carbocycles. The fourth-order valence-corrected chi connectivity index (χ4v) is 3.16. The predicted octanol–water partition coefficient (Wildman–Crippen LogP) is 3.27. The molecule has 0 spiro atoms. The molecule has 0 aliphatic carbocycles. The van der Waals surface area contributed by atoms with Gasteiger partial charge in [-0.05, 0) is 18.1 Å². The first-order valence-electron chi connectivity index (χ1n) is 8.47. The lowest BCUT2D eigenvalue weighted by atomic mass is 9.93. The second kappa shape index (κ2) is 6.84. The van der Waals surface area contributed by atoms with E-state index < -0.39 is 6.04 Å². The summed E-state index contributed by atoms with van der Waals surface area (Å²) >= 11 is 0. The maximum absolute atomic E-state index is 12.9. The molecule has 1 atom stereocenters. The molecule has 0 fully saturated rings. The van der Waals surface area contributed by atoms with Crippen molar-refractivity contribution in [1.29, 1.82) is 0 Å². The molecule has 0 bridgehead atoms. The number of ether oxygens (including phenoxy) is 1. The maximum Gasteiger partial charge on any atom is 0.338 e. The van der Waals surface area contributed by atoms with E-state index in [9.17, 15) is 4.79 Å². The van der Waals surface area contributed by atoms with Crippen LogP contribution in [0.25, 0.3) is 5.70 Å². The molecule has 0 radical (unpaired) electrons. The topological polar surface area (TPSA) is 69.0 Å². The lowest BCUT2D eigenvalue weighted by Crippen LogP contribution is -2.29. The van der Waals surface area contributed by atoms with Crippen molar-refractivity contribution in [2.75, 3.05) is 11.9 Å². The summed E-state index contributed by atoms with van der Waals surface area (Å²) in [4.78, 5) is 17.2. The average molecular weight is 346 g/mol. The van der Waals surface area contributed by atoms with Crippen molar-refractivity contribution in [3.8, 4) is 0 Å². The molecule has 1 aliphatic rings. The van der Waals surface area contributed by atoms with Crippen LogP contribution < -0.4 is 5.32 Å². The van der Waals surface area contributed by atoms with Gasteiger partial charge in [0.2, 0.25) is 5.95 Å². The standard InChI is InChI=1S/C20H18N4O2/c1-2-26-19(25)16-17(14-9-5-3-6-10-14)23-20-21-13-22-24(20)18(16)15-11-7-4-8-12-15/h3-13,18H,2H2,1H3,(H,21,22,23)/t18-/m1/s1. The number of carbonyl (C=O) groups excluding carboxylic acids is 1. The van der Waals surface area contributed by atoms with E-state index in [1.54, 1.807) is 11.6 Å². The van der Waals surface area contributed by atoms with E-state index >= 15 is 0 Å². The Morgan fingerprint density at radius 1 is 1.12 bits per heavy atom. The minimum atomic E-state index is -0.413. The van der Waals surface area contributed by atoms with Crippen LogP contribution in [0.3, 0.4) is 0 Å².